The van der Waals surface area contributed by atoms with E-state index < -0.39 is 17.4 Å². The Bertz CT molecular complexity index is 1090. The van der Waals surface area contributed by atoms with E-state index in [0.29, 0.717) is 17.8 Å². The van der Waals surface area contributed by atoms with Gasteiger partial charge in [-0.15, -0.1) is 0 Å². The number of nitrogens with one attached hydrogen (secondary N) is 2. The van der Waals surface area contributed by atoms with E-state index in [1.54, 1.807) is 30.3 Å². The molecule has 31 heavy (non-hydrogen) atoms. The lowest BCUT2D eigenvalue weighted by Gasteiger charge is -2.20. The van der Waals surface area contributed by atoms with Crippen LogP contribution in [0.4, 0.5) is 16.2 Å². The summed E-state index contributed by atoms with van der Waals surface area (Å²) in [6.07, 6.45) is -0.377. The van der Waals surface area contributed by atoms with Gasteiger partial charge >= 0.3 is 6.09 Å². The number of hydrogen-bond donors (Lipinski definition) is 4. The molecule has 4 N–H and O–H groups in total. The van der Waals surface area contributed by atoms with Crippen LogP contribution in [-0.2, 0) is 22.5 Å². The second-order valence-corrected chi connectivity index (χ2v) is 7.74. The standard InChI is InChI=1S/C22H23N3O5S/c26-21(12-7-16-5-9-19(10-6-16)24-22(27)28)23-13-14-25(31(29)30)20-11-8-17-3-1-2-4-18(17)15-20/h1-6,8-11,15,24H,7,12-14H2,(H,23,26)(H,27,28)(H,29,30). The summed E-state index contributed by atoms with van der Waals surface area (Å²) in [4.78, 5) is 22.7. The molecule has 2 amide bonds. The zero-order valence-corrected chi connectivity index (χ0v) is 17.5. The molecule has 0 heterocycles. The first-order valence-electron chi connectivity index (χ1n) is 9.65. The Balaban J connectivity index is 1.49. The quantitative estimate of drug-likeness (QED) is 0.378. The maximum Gasteiger partial charge on any atom is 0.409 e. The molecule has 0 aliphatic rings. The second kappa shape index (κ2) is 10.6. The minimum Gasteiger partial charge on any atom is -0.465 e. The number of carbonyl (C=O) groups excluding carboxylic acids is 1. The van der Waals surface area contributed by atoms with Crippen LogP contribution < -0.4 is 14.9 Å². The maximum absolute atomic E-state index is 12.1. The van der Waals surface area contributed by atoms with E-state index in [-0.39, 0.29) is 25.4 Å². The summed E-state index contributed by atoms with van der Waals surface area (Å²) in [6.45, 7) is 0.405. The number of amides is 2. The van der Waals surface area contributed by atoms with E-state index >= 15 is 0 Å². The molecule has 3 aromatic carbocycles. The second-order valence-electron chi connectivity index (χ2n) is 6.84. The Morgan fingerprint density at radius 2 is 1.68 bits per heavy atom. The van der Waals surface area contributed by atoms with Crippen LogP contribution in [0.3, 0.4) is 0 Å². The molecule has 0 saturated carbocycles. The van der Waals surface area contributed by atoms with E-state index in [4.69, 9.17) is 5.11 Å². The van der Waals surface area contributed by atoms with Crippen LogP contribution in [0.25, 0.3) is 10.8 Å². The number of fused-ring (bicyclic) bond motifs is 1. The summed E-state index contributed by atoms with van der Waals surface area (Å²) >= 11 is -2.22. The monoisotopic (exact) mass is 441 g/mol. The van der Waals surface area contributed by atoms with Crippen LogP contribution in [0.2, 0.25) is 0 Å². The van der Waals surface area contributed by atoms with Gasteiger partial charge in [-0.2, -0.15) is 0 Å². The molecule has 0 fully saturated rings. The van der Waals surface area contributed by atoms with Crippen molar-refractivity contribution >= 4 is 45.4 Å². The fourth-order valence-electron chi connectivity index (χ4n) is 3.15. The number of nitrogens with zero attached hydrogens (tertiary/aromatic N) is 1. The molecular weight excluding hydrogens is 418 g/mol. The highest BCUT2D eigenvalue weighted by atomic mass is 32.2. The van der Waals surface area contributed by atoms with Crippen LogP contribution in [0, 0.1) is 0 Å². The van der Waals surface area contributed by atoms with Gasteiger partial charge in [-0.05, 0) is 47.0 Å². The Kier molecular flexibility index (Phi) is 7.58. The van der Waals surface area contributed by atoms with Crippen LogP contribution in [0.5, 0.6) is 0 Å². The molecule has 162 valence electrons. The molecule has 0 saturated heterocycles. The van der Waals surface area contributed by atoms with Gasteiger partial charge in [0.15, 0.2) is 0 Å². The molecule has 3 rings (SSSR count). The van der Waals surface area contributed by atoms with Crippen molar-refractivity contribution in [2.24, 2.45) is 0 Å². The molecule has 3 aromatic rings. The highest BCUT2D eigenvalue weighted by molar-refractivity contribution is 7.80. The van der Waals surface area contributed by atoms with Gasteiger partial charge in [-0.25, -0.2) is 9.00 Å². The first-order chi connectivity index (χ1) is 14.9. The van der Waals surface area contributed by atoms with E-state index in [1.165, 1.54) is 4.31 Å². The molecular formula is C22H23N3O5S. The lowest BCUT2D eigenvalue weighted by atomic mass is 10.1. The Labute approximate surface area is 182 Å². The van der Waals surface area contributed by atoms with Gasteiger partial charge in [0, 0.05) is 18.7 Å². The molecule has 1 atom stereocenters. The SMILES string of the molecule is O=C(O)Nc1ccc(CCC(=O)NCCN(c2ccc3ccccc3c2)S(=O)O)cc1. The van der Waals surface area contributed by atoms with Gasteiger partial charge in [0.25, 0.3) is 11.3 Å². The lowest BCUT2D eigenvalue weighted by molar-refractivity contribution is -0.120. The third-order valence-corrected chi connectivity index (χ3v) is 5.46. The molecule has 8 nitrogen and oxygen atoms in total. The molecule has 0 aliphatic carbocycles. The highest BCUT2D eigenvalue weighted by Crippen LogP contribution is 2.22. The minimum absolute atomic E-state index is 0.171. The summed E-state index contributed by atoms with van der Waals surface area (Å²) < 4.78 is 22.8. The number of benzene rings is 3. The summed E-state index contributed by atoms with van der Waals surface area (Å²) in [5.41, 5.74) is 1.97. The number of aryl methyl sites for hydroxylation is 1. The molecule has 9 heteroatoms. The third-order valence-electron chi connectivity index (χ3n) is 4.69. The van der Waals surface area contributed by atoms with Crippen molar-refractivity contribution in [2.75, 3.05) is 22.7 Å². The van der Waals surface area contributed by atoms with E-state index in [9.17, 15) is 18.4 Å². The normalized spacial score (nSPS) is 11.6. The van der Waals surface area contributed by atoms with Crippen LogP contribution in [0.1, 0.15) is 12.0 Å². The van der Waals surface area contributed by atoms with E-state index in [1.807, 2.05) is 36.4 Å². The van der Waals surface area contributed by atoms with Crippen molar-refractivity contribution in [3.63, 3.8) is 0 Å². The lowest BCUT2D eigenvalue weighted by Crippen LogP contribution is -2.36. The summed E-state index contributed by atoms with van der Waals surface area (Å²) in [5, 5.41) is 15.7. The highest BCUT2D eigenvalue weighted by Gasteiger charge is 2.13. The predicted octanol–water partition coefficient (Wildman–Crippen LogP) is 3.62. The summed E-state index contributed by atoms with van der Waals surface area (Å²) in [6, 6.07) is 20.0. The van der Waals surface area contributed by atoms with E-state index in [0.717, 1.165) is 16.3 Å². The van der Waals surface area contributed by atoms with Crippen molar-refractivity contribution in [2.45, 2.75) is 12.8 Å². The fraction of sp³-hybridized carbons (Fsp3) is 0.182. The van der Waals surface area contributed by atoms with Crippen molar-refractivity contribution in [1.82, 2.24) is 5.32 Å². The van der Waals surface area contributed by atoms with Crippen molar-refractivity contribution in [3.05, 3.63) is 72.3 Å². The number of rotatable bonds is 9. The Morgan fingerprint density at radius 1 is 0.968 bits per heavy atom. The molecule has 0 spiro atoms. The topological polar surface area (TPSA) is 119 Å². The van der Waals surface area contributed by atoms with Gasteiger partial charge < -0.3 is 10.4 Å². The van der Waals surface area contributed by atoms with Crippen molar-refractivity contribution in [3.8, 4) is 0 Å². The smallest absolute Gasteiger partial charge is 0.409 e. The number of anilines is 2. The van der Waals surface area contributed by atoms with Crippen LogP contribution in [-0.4, -0.2) is 39.0 Å². The average molecular weight is 442 g/mol. The average Bonchev–Trinajstić information content (AvgIpc) is 2.75. The summed E-state index contributed by atoms with van der Waals surface area (Å²) in [5.74, 6) is -0.171. The zero-order valence-electron chi connectivity index (χ0n) is 16.7. The summed E-state index contributed by atoms with van der Waals surface area (Å²) in [7, 11) is 0. The van der Waals surface area contributed by atoms with Gasteiger partial charge in [0.1, 0.15) is 0 Å². The molecule has 0 bridgehead atoms. The fourth-order valence-corrected chi connectivity index (χ4v) is 3.69. The van der Waals surface area contributed by atoms with Gasteiger partial charge in [-0.3, -0.25) is 19.0 Å². The predicted molar refractivity (Wildman–Crippen MR) is 121 cm³/mol. The molecule has 0 aliphatic heterocycles. The molecule has 0 aromatic heterocycles. The third kappa shape index (κ3) is 6.53. The Morgan fingerprint density at radius 3 is 2.35 bits per heavy atom. The Hall–Kier alpha value is -3.43. The van der Waals surface area contributed by atoms with Gasteiger partial charge in [0.05, 0.1) is 12.2 Å². The van der Waals surface area contributed by atoms with Gasteiger partial charge in [0.2, 0.25) is 5.91 Å². The zero-order chi connectivity index (χ0) is 22.2. The van der Waals surface area contributed by atoms with Crippen molar-refractivity contribution < 1.29 is 23.5 Å². The molecule has 0 radical (unpaired) electrons. The van der Waals surface area contributed by atoms with Crippen LogP contribution >= 0.6 is 0 Å². The number of hydrogen-bond acceptors (Lipinski definition) is 3. The largest absolute Gasteiger partial charge is 0.465 e. The number of carboxylic acid groups (broad SMARTS) is 1. The van der Waals surface area contributed by atoms with Crippen LogP contribution in [0.15, 0.2) is 66.7 Å². The first kappa shape index (κ1) is 22.3. The minimum atomic E-state index is -2.22. The van der Waals surface area contributed by atoms with Crippen molar-refractivity contribution in [1.29, 1.82) is 0 Å². The van der Waals surface area contributed by atoms with E-state index in [2.05, 4.69) is 10.6 Å². The number of carbonyl (C=O) groups is 2. The maximum atomic E-state index is 12.1. The van der Waals surface area contributed by atoms with Gasteiger partial charge in [-0.1, -0.05) is 42.5 Å². The first-order valence-corrected chi connectivity index (χ1v) is 10.7. The molecule has 1 unspecified atom stereocenters.